The van der Waals surface area contributed by atoms with Gasteiger partial charge in [0.05, 0.1) is 18.4 Å². The first-order chi connectivity index (χ1) is 15.2. The largest absolute Gasteiger partial charge is 0.462 e. The first-order valence-corrected chi connectivity index (χ1v) is 10.3. The van der Waals surface area contributed by atoms with Gasteiger partial charge in [0.2, 0.25) is 0 Å². The fourth-order valence-corrected chi connectivity index (χ4v) is 3.82. The highest BCUT2D eigenvalue weighted by molar-refractivity contribution is 5.91. The van der Waals surface area contributed by atoms with Gasteiger partial charge >= 0.3 is 5.97 Å². The smallest absolute Gasteiger partial charge is 0.339 e. The molecule has 2 N–H and O–H groups in total. The molecule has 4 rings (SSSR count). The minimum absolute atomic E-state index is 0.297. The average Bonchev–Trinajstić information content (AvgIpc) is 3.16. The molecule has 0 spiro atoms. The highest BCUT2D eigenvalue weighted by Gasteiger charge is 2.16. The van der Waals surface area contributed by atoms with Gasteiger partial charge in [-0.1, -0.05) is 54.6 Å². The third-order valence-corrected chi connectivity index (χ3v) is 5.21. The van der Waals surface area contributed by atoms with Crippen molar-refractivity contribution in [2.45, 2.75) is 19.9 Å². The highest BCUT2D eigenvalue weighted by Crippen LogP contribution is 2.21. The number of hydrogen-bond acceptors (Lipinski definition) is 4. The molecule has 5 heteroatoms. The number of ether oxygens (including phenoxy) is 1. The molecule has 1 heterocycles. The molecular formula is C26H25N3O2. The Bertz CT molecular complexity index is 1240. The molecule has 5 nitrogen and oxygen atoms in total. The summed E-state index contributed by atoms with van der Waals surface area (Å²) in [5.41, 5.74) is 4.71. The van der Waals surface area contributed by atoms with E-state index in [1.54, 1.807) is 6.21 Å². The quantitative estimate of drug-likeness (QED) is 0.206. The zero-order chi connectivity index (χ0) is 21.6. The van der Waals surface area contributed by atoms with Crippen molar-refractivity contribution < 1.29 is 9.53 Å². The van der Waals surface area contributed by atoms with Gasteiger partial charge in [-0.25, -0.2) is 4.79 Å². The standard InChI is InChI=1S/C26H25N3O2/c1-2-31-26(30)25-18-29(16-21-10-11-22-8-3-4-9-23(22)14-21)17-24(25)13-19-6-5-7-20(12-19)15-28-27/h3-12,14-15,17-18H,2,13,16,27H2,1H3. The van der Waals surface area contributed by atoms with Gasteiger partial charge in [0.15, 0.2) is 0 Å². The lowest BCUT2D eigenvalue weighted by atomic mass is 10.0. The van der Waals surface area contributed by atoms with Crippen LogP contribution in [0, 0.1) is 0 Å². The van der Waals surface area contributed by atoms with Crippen LogP contribution in [0.15, 0.2) is 84.2 Å². The number of esters is 1. The van der Waals surface area contributed by atoms with Crippen molar-refractivity contribution in [3.05, 3.63) is 107 Å². The Morgan fingerprint density at radius 3 is 2.65 bits per heavy atom. The lowest BCUT2D eigenvalue weighted by molar-refractivity contribution is 0.0525. The molecule has 0 saturated heterocycles. The third kappa shape index (κ3) is 4.83. The molecule has 31 heavy (non-hydrogen) atoms. The molecule has 0 aliphatic heterocycles. The van der Waals surface area contributed by atoms with E-state index >= 15 is 0 Å². The van der Waals surface area contributed by atoms with Crippen molar-refractivity contribution in [3.63, 3.8) is 0 Å². The summed E-state index contributed by atoms with van der Waals surface area (Å²) in [6, 6.07) is 22.7. The zero-order valence-electron chi connectivity index (χ0n) is 17.5. The number of nitrogens with two attached hydrogens (primary N) is 1. The number of fused-ring (bicyclic) bond motifs is 1. The molecular weight excluding hydrogens is 386 g/mol. The van der Waals surface area contributed by atoms with E-state index in [1.807, 2.05) is 55.7 Å². The zero-order valence-corrected chi connectivity index (χ0v) is 17.5. The van der Waals surface area contributed by atoms with Crippen LogP contribution in [0.4, 0.5) is 0 Å². The summed E-state index contributed by atoms with van der Waals surface area (Å²) in [6.07, 6.45) is 6.14. The second-order valence-corrected chi connectivity index (χ2v) is 7.47. The van der Waals surface area contributed by atoms with Crippen molar-refractivity contribution >= 4 is 23.0 Å². The van der Waals surface area contributed by atoms with Gasteiger partial charge < -0.3 is 15.1 Å². The second kappa shape index (κ2) is 9.30. The minimum Gasteiger partial charge on any atom is -0.462 e. The predicted molar refractivity (Wildman–Crippen MR) is 124 cm³/mol. The van der Waals surface area contributed by atoms with E-state index in [4.69, 9.17) is 10.6 Å². The Morgan fingerprint density at radius 1 is 1.00 bits per heavy atom. The minimum atomic E-state index is -0.297. The van der Waals surface area contributed by atoms with Crippen molar-refractivity contribution in [2.75, 3.05) is 6.61 Å². The lowest BCUT2D eigenvalue weighted by Crippen LogP contribution is -2.06. The monoisotopic (exact) mass is 411 g/mol. The van der Waals surface area contributed by atoms with Gasteiger partial charge in [-0.2, -0.15) is 5.10 Å². The number of hydrogen-bond donors (Lipinski definition) is 1. The van der Waals surface area contributed by atoms with Crippen LogP contribution in [0.1, 0.15) is 39.5 Å². The Balaban J connectivity index is 1.64. The van der Waals surface area contributed by atoms with Crippen LogP contribution in [-0.2, 0) is 17.7 Å². The molecule has 0 saturated carbocycles. The SMILES string of the molecule is CCOC(=O)c1cn(Cc2ccc3ccccc3c2)cc1Cc1cccc(C=NN)c1. The molecule has 156 valence electrons. The van der Waals surface area contributed by atoms with Crippen LogP contribution in [-0.4, -0.2) is 23.4 Å². The van der Waals surface area contributed by atoms with E-state index in [-0.39, 0.29) is 5.97 Å². The maximum atomic E-state index is 12.6. The van der Waals surface area contributed by atoms with E-state index in [9.17, 15) is 4.79 Å². The van der Waals surface area contributed by atoms with E-state index < -0.39 is 0 Å². The second-order valence-electron chi connectivity index (χ2n) is 7.47. The van der Waals surface area contributed by atoms with Crippen LogP contribution in [0.2, 0.25) is 0 Å². The van der Waals surface area contributed by atoms with Crippen LogP contribution in [0.5, 0.6) is 0 Å². The molecule has 1 aromatic heterocycles. The molecule has 0 fully saturated rings. The average molecular weight is 412 g/mol. The number of aromatic nitrogens is 1. The van der Waals surface area contributed by atoms with Gasteiger partial charge in [0, 0.05) is 18.9 Å². The molecule has 0 aliphatic carbocycles. The number of benzene rings is 3. The van der Waals surface area contributed by atoms with E-state index in [2.05, 4.69) is 40.0 Å². The molecule has 0 bridgehead atoms. The van der Waals surface area contributed by atoms with Crippen LogP contribution < -0.4 is 5.84 Å². The Kier molecular flexibility index (Phi) is 6.13. The summed E-state index contributed by atoms with van der Waals surface area (Å²) >= 11 is 0. The van der Waals surface area contributed by atoms with Crippen molar-refractivity contribution in [3.8, 4) is 0 Å². The molecule has 4 aromatic rings. The summed E-state index contributed by atoms with van der Waals surface area (Å²) in [5, 5.41) is 6.01. The lowest BCUT2D eigenvalue weighted by Gasteiger charge is -2.05. The molecule has 3 aromatic carbocycles. The first-order valence-electron chi connectivity index (χ1n) is 10.3. The fraction of sp³-hybridized carbons (Fsp3) is 0.154. The third-order valence-electron chi connectivity index (χ3n) is 5.21. The van der Waals surface area contributed by atoms with Crippen LogP contribution in [0.3, 0.4) is 0 Å². The van der Waals surface area contributed by atoms with Gasteiger partial charge in [-0.3, -0.25) is 0 Å². The van der Waals surface area contributed by atoms with E-state index in [1.165, 1.54) is 16.3 Å². The topological polar surface area (TPSA) is 69.6 Å². The predicted octanol–water partition coefficient (Wildman–Crippen LogP) is 4.75. The normalized spacial score (nSPS) is 11.3. The number of carbonyl (C=O) groups excluding carboxylic acids is 1. The number of hydrazone groups is 1. The summed E-state index contributed by atoms with van der Waals surface area (Å²) in [4.78, 5) is 12.6. The Hall–Kier alpha value is -3.86. The maximum absolute atomic E-state index is 12.6. The molecule has 0 unspecified atom stereocenters. The summed E-state index contributed by atoms with van der Waals surface area (Å²) < 4.78 is 7.35. The summed E-state index contributed by atoms with van der Waals surface area (Å²) in [7, 11) is 0. The van der Waals surface area contributed by atoms with Crippen LogP contribution in [0.25, 0.3) is 10.8 Å². The van der Waals surface area contributed by atoms with Crippen molar-refractivity contribution in [1.82, 2.24) is 4.57 Å². The summed E-state index contributed by atoms with van der Waals surface area (Å²) in [5.74, 6) is 4.98. The van der Waals surface area contributed by atoms with E-state index in [0.29, 0.717) is 25.1 Å². The van der Waals surface area contributed by atoms with E-state index in [0.717, 1.165) is 16.7 Å². The maximum Gasteiger partial charge on any atom is 0.339 e. The van der Waals surface area contributed by atoms with Crippen molar-refractivity contribution in [2.24, 2.45) is 10.9 Å². The number of nitrogens with zero attached hydrogens (tertiary/aromatic N) is 2. The highest BCUT2D eigenvalue weighted by atomic mass is 16.5. The number of rotatable bonds is 7. The van der Waals surface area contributed by atoms with Gasteiger partial charge in [0.1, 0.15) is 0 Å². The molecule has 0 atom stereocenters. The van der Waals surface area contributed by atoms with Crippen molar-refractivity contribution in [1.29, 1.82) is 0 Å². The number of carbonyl (C=O) groups is 1. The van der Waals surface area contributed by atoms with Gasteiger partial charge in [-0.05, 0) is 58.5 Å². The van der Waals surface area contributed by atoms with Gasteiger partial charge in [0.25, 0.3) is 0 Å². The Labute approximate surface area is 181 Å². The fourth-order valence-electron chi connectivity index (χ4n) is 3.82. The van der Waals surface area contributed by atoms with Crippen LogP contribution >= 0.6 is 0 Å². The first kappa shape index (κ1) is 20.4. The molecule has 0 aliphatic rings. The molecule has 0 radical (unpaired) electrons. The molecule has 0 amide bonds. The summed E-state index contributed by atoms with van der Waals surface area (Å²) in [6.45, 7) is 2.84. The van der Waals surface area contributed by atoms with Gasteiger partial charge in [-0.15, -0.1) is 0 Å². The Morgan fingerprint density at radius 2 is 1.84 bits per heavy atom.